The highest BCUT2D eigenvalue weighted by Crippen LogP contribution is 2.09. The van der Waals surface area contributed by atoms with E-state index in [1.807, 2.05) is 0 Å². The van der Waals surface area contributed by atoms with Gasteiger partial charge in [0, 0.05) is 12.2 Å². The molecule has 1 heterocycles. The Morgan fingerprint density at radius 2 is 1.92 bits per heavy atom. The number of primary amides is 1. The third-order valence-corrected chi connectivity index (χ3v) is 1.49. The van der Waals surface area contributed by atoms with Crippen LogP contribution in [0.4, 0.5) is 4.79 Å². The second-order valence-corrected chi connectivity index (χ2v) is 2.42. The molecule has 2 N–H and O–H groups in total. The Morgan fingerprint density at radius 3 is 2.31 bits per heavy atom. The highest BCUT2D eigenvalue weighted by molar-refractivity contribution is 6.13. The van der Waals surface area contributed by atoms with E-state index in [-0.39, 0.29) is 0 Å². The smallest absolute Gasteiger partial charge is 0.406 e. The van der Waals surface area contributed by atoms with E-state index in [0.717, 1.165) is 17.1 Å². The highest BCUT2D eigenvalue weighted by atomic mass is 16.6. The Bertz CT molecular complexity index is 279. The van der Waals surface area contributed by atoms with Gasteiger partial charge in [0.15, 0.2) is 6.23 Å². The topological polar surface area (TPSA) is 89.7 Å². The zero-order valence-corrected chi connectivity index (χ0v) is 6.89. The molecule has 0 aromatic carbocycles. The van der Waals surface area contributed by atoms with E-state index in [9.17, 15) is 14.4 Å². The number of imide groups is 1. The molecule has 3 amide bonds. The Hall–Kier alpha value is -1.85. The summed E-state index contributed by atoms with van der Waals surface area (Å²) in [6.45, 7) is 1.38. The number of nitrogens with two attached hydrogens (primary N) is 1. The van der Waals surface area contributed by atoms with Crippen LogP contribution in [0.1, 0.15) is 6.92 Å². The van der Waals surface area contributed by atoms with Crippen LogP contribution in [0.15, 0.2) is 12.2 Å². The van der Waals surface area contributed by atoms with Gasteiger partial charge in [0.25, 0.3) is 11.8 Å². The van der Waals surface area contributed by atoms with Crippen LogP contribution in [0, 0.1) is 0 Å². The Balaban J connectivity index is 2.67. The second-order valence-electron chi connectivity index (χ2n) is 2.42. The molecular weight excluding hydrogens is 176 g/mol. The number of carbonyl (C=O) groups excluding carboxylic acids is 3. The number of amides is 3. The third kappa shape index (κ3) is 1.84. The molecule has 0 saturated heterocycles. The summed E-state index contributed by atoms with van der Waals surface area (Å²) in [5, 5.41) is 0. The van der Waals surface area contributed by atoms with Crippen molar-refractivity contribution in [1.82, 2.24) is 4.90 Å². The van der Waals surface area contributed by atoms with E-state index in [0.29, 0.717) is 0 Å². The van der Waals surface area contributed by atoms with Crippen molar-refractivity contribution in [3.05, 3.63) is 12.2 Å². The molecule has 0 bridgehead atoms. The zero-order chi connectivity index (χ0) is 10.0. The molecular formula is C7H8N2O4. The molecule has 0 spiro atoms. The molecule has 1 rings (SSSR count). The van der Waals surface area contributed by atoms with Crippen molar-refractivity contribution in [3.8, 4) is 0 Å². The van der Waals surface area contributed by atoms with E-state index in [2.05, 4.69) is 4.74 Å². The highest BCUT2D eigenvalue weighted by Gasteiger charge is 2.30. The minimum atomic E-state index is -1.03. The van der Waals surface area contributed by atoms with E-state index >= 15 is 0 Å². The van der Waals surface area contributed by atoms with E-state index in [1.165, 1.54) is 6.92 Å². The van der Waals surface area contributed by atoms with Crippen LogP contribution in [-0.2, 0) is 14.3 Å². The normalized spacial score (nSPS) is 17.8. The van der Waals surface area contributed by atoms with Crippen LogP contribution in [0.3, 0.4) is 0 Å². The van der Waals surface area contributed by atoms with Gasteiger partial charge in [0.1, 0.15) is 0 Å². The first-order chi connectivity index (χ1) is 6.02. The van der Waals surface area contributed by atoms with Crippen LogP contribution in [-0.4, -0.2) is 29.0 Å². The lowest BCUT2D eigenvalue weighted by Gasteiger charge is -2.20. The van der Waals surface area contributed by atoms with Crippen molar-refractivity contribution < 1.29 is 19.1 Å². The lowest BCUT2D eigenvalue weighted by atomic mass is 10.5. The van der Waals surface area contributed by atoms with E-state index < -0.39 is 24.1 Å². The molecule has 6 heteroatoms. The number of nitrogens with zero attached hydrogens (tertiary/aromatic N) is 1. The summed E-state index contributed by atoms with van der Waals surface area (Å²) in [6.07, 6.45) is 0.208. The monoisotopic (exact) mass is 184 g/mol. The Morgan fingerprint density at radius 1 is 1.46 bits per heavy atom. The van der Waals surface area contributed by atoms with Gasteiger partial charge >= 0.3 is 6.09 Å². The van der Waals surface area contributed by atoms with Gasteiger partial charge in [-0.3, -0.25) is 9.59 Å². The molecule has 0 aliphatic carbocycles. The fourth-order valence-electron chi connectivity index (χ4n) is 0.991. The van der Waals surface area contributed by atoms with Crippen LogP contribution >= 0.6 is 0 Å². The molecule has 0 aromatic rings. The van der Waals surface area contributed by atoms with E-state index in [4.69, 9.17) is 5.73 Å². The zero-order valence-electron chi connectivity index (χ0n) is 6.89. The average Bonchev–Trinajstić information content (AvgIpc) is 2.29. The molecule has 1 aliphatic heterocycles. The van der Waals surface area contributed by atoms with Crippen LogP contribution < -0.4 is 5.73 Å². The molecule has 1 unspecified atom stereocenters. The predicted octanol–water partition coefficient (Wildman–Crippen LogP) is -0.647. The number of ether oxygens (including phenoxy) is 1. The number of carbonyl (C=O) groups is 3. The molecule has 0 aromatic heterocycles. The molecule has 1 aliphatic rings. The van der Waals surface area contributed by atoms with Crippen molar-refractivity contribution in [1.29, 1.82) is 0 Å². The van der Waals surface area contributed by atoms with Crippen LogP contribution in [0.5, 0.6) is 0 Å². The third-order valence-electron chi connectivity index (χ3n) is 1.49. The molecule has 1 atom stereocenters. The van der Waals surface area contributed by atoms with Gasteiger partial charge in [-0.15, -0.1) is 0 Å². The Labute approximate surface area is 73.9 Å². The summed E-state index contributed by atoms with van der Waals surface area (Å²) in [7, 11) is 0. The first-order valence-corrected chi connectivity index (χ1v) is 3.53. The lowest BCUT2D eigenvalue weighted by Crippen LogP contribution is -2.41. The minimum Gasteiger partial charge on any atom is -0.425 e. The number of rotatable bonds is 2. The van der Waals surface area contributed by atoms with Gasteiger partial charge in [-0.2, -0.15) is 0 Å². The quantitative estimate of drug-likeness (QED) is 0.577. The van der Waals surface area contributed by atoms with Gasteiger partial charge < -0.3 is 10.5 Å². The van der Waals surface area contributed by atoms with Crippen LogP contribution in [0.25, 0.3) is 0 Å². The SMILES string of the molecule is CC(OC(N)=O)N1C(=O)C=CC1=O. The standard InChI is InChI=1S/C7H8N2O4/c1-4(13-7(8)12)9-5(10)2-3-6(9)11/h2-4H,1H3,(H2,8,12). The van der Waals surface area contributed by atoms with Gasteiger partial charge in [0.05, 0.1) is 0 Å². The summed E-state index contributed by atoms with van der Waals surface area (Å²) < 4.78 is 4.46. The van der Waals surface area contributed by atoms with Gasteiger partial charge in [-0.25, -0.2) is 9.69 Å². The summed E-state index contributed by atoms with van der Waals surface area (Å²) in [6, 6.07) is 0. The first-order valence-electron chi connectivity index (χ1n) is 3.53. The van der Waals surface area contributed by atoms with Crippen molar-refractivity contribution in [2.24, 2.45) is 5.73 Å². The predicted molar refractivity (Wildman–Crippen MR) is 41.1 cm³/mol. The fraction of sp³-hybridized carbons (Fsp3) is 0.286. The van der Waals surface area contributed by atoms with Crippen molar-refractivity contribution in [2.45, 2.75) is 13.2 Å². The van der Waals surface area contributed by atoms with Crippen LogP contribution in [0.2, 0.25) is 0 Å². The maximum atomic E-state index is 11.0. The van der Waals surface area contributed by atoms with Gasteiger partial charge in [-0.05, 0) is 6.92 Å². The molecule has 0 radical (unpaired) electrons. The maximum Gasteiger partial charge on any atom is 0.406 e. The van der Waals surface area contributed by atoms with Gasteiger partial charge in [-0.1, -0.05) is 0 Å². The molecule has 13 heavy (non-hydrogen) atoms. The Kier molecular flexibility index (Phi) is 2.32. The molecule has 70 valence electrons. The fourth-order valence-corrected chi connectivity index (χ4v) is 0.991. The van der Waals surface area contributed by atoms with Crippen molar-refractivity contribution >= 4 is 17.9 Å². The maximum absolute atomic E-state index is 11.0. The summed E-state index contributed by atoms with van der Waals surface area (Å²) in [5.74, 6) is -1.03. The largest absolute Gasteiger partial charge is 0.425 e. The summed E-state index contributed by atoms with van der Waals surface area (Å²) >= 11 is 0. The average molecular weight is 184 g/mol. The summed E-state index contributed by atoms with van der Waals surface area (Å²) in [5.41, 5.74) is 4.72. The van der Waals surface area contributed by atoms with Gasteiger partial charge in [0.2, 0.25) is 0 Å². The lowest BCUT2D eigenvalue weighted by molar-refractivity contribution is -0.146. The van der Waals surface area contributed by atoms with Crippen molar-refractivity contribution in [3.63, 3.8) is 0 Å². The molecule has 0 fully saturated rings. The molecule has 0 saturated carbocycles. The number of hydrogen-bond donors (Lipinski definition) is 1. The van der Waals surface area contributed by atoms with E-state index in [1.54, 1.807) is 0 Å². The van der Waals surface area contributed by atoms with Crippen molar-refractivity contribution in [2.75, 3.05) is 0 Å². The second kappa shape index (κ2) is 3.26. The minimum absolute atomic E-state index is 0.515. The first kappa shape index (κ1) is 9.24. The molecule has 6 nitrogen and oxygen atoms in total. The number of hydrogen-bond acceptors (Lipinski definition) is 4. The summed E-state index contributed by atoms with van der Waals surface area (Å²) in [4.78, 5) is 33.1.